The first-order valence-corrected chi connectivity index (χ1v) is 12.5. The van der Waals surface area contributed by atoms with Crippen molar-refractivity contribution in [1.29, 1.82) is 0 Å². The van der Waals surface area contributed by atoms with E-state index in [1.807, 2.05) is 4.90 Å². The molecule has 0 bridgehead atoms. The Bertz CT molecular complexity index is 1480. The minimum atomic E-state index is -0.429. The average molecular weight is 520 g/mol. The summed E-state index contributed by atoms with van der Waals surface area (Å²) in [4.78, 5) is 43.2. The van der Waals surface area contributed by atoms with E-state index in [9.17, 15) is 14.0 Å². The van der Waals surface area contributed by atoms with Gasteiger partial charge in [0.2, 0.25) is 29.5 Å². The Hall–Kier alpha value is -4.55. The molecule has 196 valence electrons. The molecule has 2 fully saturated rings. The number of fused-ring (bicyclic) bond motifs is 1. The number of anilines is 3. The molecule has 3 N–H and O–H groups in total. The number of benzene rings is 1. The van der Waals surface area contributed by atoms with Crippen LogP contribution < -0.4 is 16.0 Å². The van der Waals surface area contributed by atoms with Crippen LogP contribution in [0, 0.1) is 11.7 Å². The SMILES string of the molecule is Nc1nc(N2CCC[C@H]2C(=O)N2CCC(C(=O)Nc3cccc(F)c3)CC2)nc2nc(-c3ccco3)nn12. The van der Waals surface area contributed by atoms with Crippen molar-refractivity contribution in [2.24, 2.45) is 5.92 Å². The molecule has 0 aliphatic carbocycles. The number of likely N-dealkylation sites (tertiary alicyclic amines) is 1. The molecule has 2 aliphatic rings. The van der Waals surface area contributed by atoms with E-state index in [2.05, 4.69) is 25.4 Å². The fraction of sp³-hybridized carbons (Fsp3) is 0.360. The maximum Gasteiger partial charge on any atom is 0.259 e. The number of carbonyl (C=O) groups is 2. The van der Waals surface area contributed by atoms with Crippen molar-refractivity contribution in [2.75, 3.05) is 35.6 Å². The Kier molecular flexibility index (Phi) is 6.10. The maximum atomic E-state index is 13.5. The molecule has 12 nitrogen and oxygen atoms in total. The van der Waals surface area contributed by atoms with E-state index in [0.29, 0.717) is 62.1 Å². The van der Waals surface area contributed by atoms with Crippen LogP contribution in [0.25, 0.3) is 17.4 Å². The summed E-state index contributed by atoms with van der Waals surface area (Å²) < 4.78 is 20.1. The van der Waals surface area contributed by atoms with Gasteiger partial charge in [0, 0.05) is 31.2 Å². The number of halogens is 1. The Morgan fingerprint density at radius 3 is 2.66 bits per heavy atom. The van der Waals surface area contributed by atoms with Crippen molar-refractivity contribution in [3.05, 3.63) is 48.5 Å². The lowest BCUT2D eigenvalue weighted by Gasteiger charge is -2.35. The van der Waals surface area contributed by atoms with Crippen molar-refractivity contribution in [3.63, 3.8) is 0 Å². The highest BCUT2D eigenvalue weighted by molar-refractivity contribution is 5.93. The molecule has 3 aromatic heterocycles. The molecule has 0 spiro atoms. The summed E-state index contributed by atoms with van der Waals surface area (Å²) in [5.41, 5.74) is 6.59. The molecule has 0 saturated carbocycles. The van der Waals surface area contributed by atoms with Crippen LogP contribution in [0.15, 0.2) is 47.1 Å². The number of aromatic nitrogens is 5. The molecule has 2 saturated heterocycles. The number of rotatable bonds is 5. The lowest BCUT2D eigenvalue weighted by Crippen LogP contribution is -2.49. The number of piperidine rings is 1. The van der Waals surface area contributed by atoms with Crippen LogP contribution in [0.4, 0.5) is 22.0 Å². The number of hydrogen-bond acceptors (Lipinski definition) is 9. The van der Waals surface area contributed by atoms with Crippen LogP contribution in [0.5, 0.6) is 0 Å². The fourth-order valence-corrected chi connectivity index (χ4v) is 5.08. The van der Waals surface area contributed by atoms with E-state index in [1.165, 1.54) is 22.9 Å². The molecular weight excluding hydrogens is 493 g/mol. The number of amides is 2. The first-order chi connectivity index (χ1) is 18.5. The second-order valence-electron chi connectivity index (χ2n) is 9.46. The van der Waals surface area contributed by atoms with Crippen molar-refractivity contribution in [2.45, 2.75) is 31.7 Å². The molecule has 4 aromatic rings. The Morgan fingerprint density at radius 1 is 1.05 bits per heavy atom. The van der Waals surface area contributed by atoms with Crippen LogP contribution >= 0.6 is 0 Å². The van der Waals surface area contributed by atoms with E-state index in [-0.39, 0.29) is 29.5 Å². The molecule has 5 heterocycles. The van der Waals surface area contributed by atoms with Crippen LogP contribution in [-0.4, -0.2) is 67.0 Å². The second-order valence-corrected chi connectivity index (χ2v) is 9.46. The van der Waals surface area contributed by atoms with Gasteiger partial charge < -0.3 is 25.3 Å². The predicted octanol–water partition coefficient (Wildman–Crippen LogP) is 2.35. The zero-order valence-electron chi connectivity index (χ0n) is 20.5. The Morgan fingerprint density at radius 2 is 1.89 bits per heavy atom. The first-order valence-electron chi connectivity index (χ1n) is 12.5. The summed E-state index contributed by atoms with van der Waals surface area (Å²) in [6.07, 6.45) is 4.06. The summed E-state index contributed by atoms with van der Waals surface area (Å²) in [6, 6.07) is 8.86. The highest BCUT2D eigenvalue weighted by atomic mass is 19.1. The van der Waals surface area contributed by atoms with E-state index < -0.39 is 11.9 Å². The van der Waals surface area contributed by atoms with Crippen molar-refractivity contribution in [3.8, 4) is 11.6 Å². The number of carbonyl (C=O) groups excluding carboxylic acids is 2. The Balaban J connectivity index is 1.13. The molecule has 13 heteroatoms. The third-order valence-electron chi connectivity index (χ3n) is 7.03. The standard InChI is InChI=1S/C25H26FN9O3/c26-16-4-1-5-17(14-16)28-21(36)15-8-11-33(12-9-15)22(37)18-6-2-10-34(18)24-30-23(27)35-25(31-24)29-20(32-35)19-7-3-13-38-19/h1,3-5,7,13-15,18H,2,6,8-12H2,(H,28,36)(H2,27,29,30,31,32)/t18-/m0/s1. The van der Waals surface area contributed by atoms with Gasteiger partial charge >= 0.3 is 0 Å². The summed E-state index contributed by atoms with van der Waals surface area (Å²) in [5, 5.41) is 7.09. The summed E-state index contributed by atoms with van der Waals surface area (Å²) in [6.45, 7) is 1.53. The average Bonchev–Trinajstić information content (AvgIpc) is 3.69. The second kappa shape index (κ2) is 9.72. The van der Waals surface area contributed by atoms with E-state index >= 15 is 0 Å². The summed E-state index contributed by atoms with van der Waals surface area (Å²) >= 11 is 0. The van der Waals surface area contributed by atoms with Gasteiger partial charge in [0.1, 0.15) is 11.9 Å². The summed E-state index contributed by atoms with van der Waals surface area (Å²) in [7, 11) is 0. The van der Waals surface area contributed by atoms with Crippen LogP contribution in [0.2, 0.25) is 0 Å². The Labute approximate surface area is 216 Å². The van der Waals surface area contributed by atoms with Gasteiger partial charge in [-0.25, -0.2) is 4.39 Å². The quantitative estimate of drug-likeness (QED) is 0.405. The monoisotopic (exact) mass is 519 g/mol. The van der Waals surface area contributed by atoms with Gasteiger partial charge in [0.05, 0.1) is 6.26 Å². The van der Waals surface area contributed by atoms with Crippen LogP contribution in [0.3, 0.4) is 0 Å². The van der Waals surface area contributed by atoms with Gasteiger partial charge in [-0.1, -0.05) is 6.07 Å². The first kappa shape index (κ1) is 23.8. The zero-order chi connectivity index (χ0) is 26.2. The molecule has 2 amide bonds. The smallest absolute Gasteiger partial charge is 0.259 e. The lowest BCUT2D eigenvalue weighted by atomic mass is 9.95. The number of nitrogens with two attached hydrogens (primary N) is 1. The molecule has 6 rings (SSSR count). The van der Waals surface area contributed by atoms with E-state index in [0.717, 1.165) is 6.42 Å². The van der Waals surface area contributed by atoms with Crippen molar-refractivity contribution < 1.29 is 18.4 Å². The topological polar surface area (TPSA) is 148 Å². The zero-order valence-corrected chi connectivity index (χ0v) is 20.5. The van der Waals surface area contributed by atoms with E-state index in [1.54, 1.807) is 29.2 Å². The number of hydrogen-bond donors (Lipinski definition) is 2. The largest absolute Gasteiger partial charge is 0.461 e. The van der Waals surface area contributed by atoms with Gasteiger partial charge in [-0.05, 0) is 56.0 Å². The number of furan rings is 1. The molecule has 1 aromatic carbocycles. The predicted molar refractivity (Wildman–Crippen MR) is 135 cm³/mol. The van der Waals surface area contributed by atoms with Crippen molar-refractivity contribution >= 4 is 35.2 Å². The highest BCUT2D eigenvalue weighted by Gasteiger charge is 2.37. The normalized spacial score (nSPS) is 18.3. The van der Waals surface area contributed by atoms with E-state index in [4.69, 9.17) is 10.2 Å². The maximum absolute atomic E-state index is 13.5. The molecule has 0 unspecified atom stereocenters. The summed E-state index contributed by atoms with van der Waals surface area (Å²) in [5.74, 6) is 0.690. The molecule has 38 heavy (non-hydrogen) atoms. The third kappa shape index (κ3) is 4.51. The minimum Gasteiger partial charge on any atom is -0.461 e. The minimum absolute atomic E-state index is 0.0220. The van der Waals surface area contributed by atoms with Gasteiger partial charge in [-0.2, -0.15) is 19.5 Å². The van der Waals surface area contributed by atoms with Gasteiger partial charge in [-0.3, -0.25) is 9.59 Å². The van der Waals surface area contributed by atoms with Crippen molar-refractivity contribution in [1.82, 2.24) is 29.5 Å². The molecular formula is C25H26FN9O3. The highest BCUT2D eigenvalue weighted by Crippen LogP contribution is 2.28. The van der Waals surface area contributed by atoms with Crippen LogP contribution in [0.1, 0.15) is 25.7 Å². The van der Waals surface area contributed by atoms with Crippen LogP contribution in [-0.2, 0) is 9.59 Å². The van der Waals surface area contributed by atoms with Gasteiger partial charge in [0.25, 0.3) is 5.78 Å². The number of nitrogens with zero attached hydrogens (tertiary/aromatic N) is 7. The molecule has 1 atom stereocenters. The van der Waals surface area contributed by atoms with Gasteiger partial charge in [0.15, 0.2) is 5.76 Å². The fourth-order valence-electron chi connectivity index (χ4n) is 5.08. The van der Waals surface area contributed by atoms with Gasteiger partial charge in [-0.15, -0.1) is 5.10 Å². The lowest BCUT2D eigenvalue weighted by molar-refractivity contribution is -0.135. The number of nitrogens with one attached hydrogen (secondary N) is 1. The number of nitrogen functional groups attached to an aromatic ring is 1. The third-order valence-corrected chi connectivity index (χ3v) is 7.03. The molecule has 0 radical (unpaired) electrons. The molecule has 2 aliphatic heterocycles.